The van der Waals surface area contributed by atoms with Gasteiger partial charge in [-0.15, -0.1) is 0 Å². The largest absolute Gasteiger partial charge is 0.511 e. The molecule has 0 bridgehead atoms. The van der Waals surface area contributed by atoms with E-state index in [0.29, 0.717) is 18.7 Å². The fourth-order valence-electron chi connectivity index (χ4n) is 3.26. The minimum Gasteiger partial charge on any atom is -0.511 e. The third-order valence-corrected chi connectivity index (χ3v) is 4.48. The highest BCUT2D eigenvalue weighted by Crippen LogP contribution is 2.45. The van der Waals surface area contributed by atoms with Crippen LogP contribution in [0.2, 0.25) is 0 Å². The summed E-state index contributed by atoms with van der Waals surface area (Å²) in [5, 5.41) is 14.6. The Morgan fingerprint density at radius 3 is 2.67 bits per heavy atom. The quantitative estimate of drug-likeness (QED) is 0.479. The van der Waals surface area contributed by atoms with E-state index in [2.05, 4.69) is 5.16 Å². The molecule has 5 nitrogen and oxygen atoms in total. The van der Waals surface area contributed by atoms with Crippen molar-refractivity contribution < 1.29 is 19.5 Å². The summed E-state index contributed by atoms with van der Waals surface area (Å²) in [4.78, 5) is 17.5. The first-order valence-electron chi connectivity index (χ1n) is 7.91. The number of oxime groups is 1. The molecule has 1 aliphatic carbocycles. The van der Waals surface area contributed by atoms with Crippen molar-refractivity contribution >= 4 is 11.7 Å². The van der Waals surface area contributed by atoms with Gasteiger partial charge < -0.3 is 14.7 Å². The van der Waals surface area contributed by atoms with Crippen LogP contribution < -0.4 is 0 Å². The Morgan fingerprint density at radius 2 is 2.10 bits per heavy atom. The second-order valence-corrected chi connectivity index (χ2v) is 5.85. The molecule has 0 radical (unpaired) electrons. The molecule has 0 saturated heterocycles. The summed E-state index contributed by atoms with van der Waals surface area (Å²) in [6.45, 7) is 6.18. The zero-order chi connectivity index (χ0) is 15.5. The lowest BCUT2D eigenvalue weighted by Crippen LogP contribution is -2.45. The highest BCUT2D eigenvalue weighted by atomic mass is 16.6. The van der Waals surface area contributed by atoms with Crippen LogP contribution in [0.15, 0.2) is 16.5 Å². The molecule has 0 aromatic carbocycles. The molecule has 1 aliphatic heterocycles. The Morgan fingerprint density at radius 1 is 1.43 bits per heavy atom. The molecular weight excluding hydrogens is 270 g/mol. The van der Waals surface area contributed by atoms with E-state index >= 15 is 0 Å². The number of ether oxygens (including phenoxy) is 1. The van der Waals surface area contributed by atoms with Gasteiger partial charge in [0.2, 0.25) is 0 Å². The second kappa shape index (κ2) is 6.50. The van der Waals surface area contributed by atoms with E-state index in [1.54, 1.807) is 0 Å². The molecule has 1 fully saturated rings. The van der Waals surface area contributed by atoms with Gasteiger partial charge in [-0.3, -0.25) is 0 Å². The van der Waals surface area contributed by atoms with Crippen LogP contribution in [-0.4, -0.2) is 29.0 Å². The average Bonchev–Trinajstić information content (AvgIpc) is 2.92. The maximum Gasteiger partial charge on any atom is 0.344 e. The number of aliphatic hydroxyl groups excluding tert-OH is 1. The van der Waals surface area contributed by atoms with Gasteiger partial charge in [0.25, 0.3) is 0 Å². The Balaban J connectivity index is 2.36. The van der Waals surface area contributed by atoms with Crippen LogP contribution in [-0.2, 0) is 14.4 Å². The minimum atomic E-state index is -0.520. The molecule has 0 aromatic rings. The second-order valence-electron chi connectivity index (χ2n) is 5.85. The summed E-state index contributed by atoms with van der Waals surface area (Å²) in [5.41, 5.74) is 0.171. The number of carbonyl (C=O) groups excluding carboxylic acids is 1. The first kappa shape index (κ1) is 15.9. The smallest absolute Gasteiger partial charge is 0.344 e. The molecule has 21 heavy (non-hydrogen) atoms. The van der Waals surface area contributed by atoms with Gasteiger partial charge in [0.1, 0.15) is 23.5 Å². The maximum absolute atomic E-state index is 12.4. The van der Waals surface area contributed by atoms with Gasteiger partial charge in [-0.2, -0.15) is 0 Å². The first-order valence-corrected chi connectivity index (χ1v) is 7.91. The van der Waals surface area contributed by atoms with Crippen molar-refractivity contribution in [3.63, 3.8) is 0 Å². The van der Waals surface area contributed by atoms with E-state index in [1.165, 1.54) is 0 Å². The van der Waals surface area contributed by atoms with Crippen LogP contribution in [0.4, 0.5) is 0 Å². The van der Waals surface area contributed by atoms with Crippen LogP contribution in [0.3, 0.4) is 0 Å². The van der Waals surface area contributed by atoms with E-state index in [-0.39, 0.29) is 17.3 Å². The Kier molecular flexibility index (Phi) is 4.91. The van der Waals surface area contributed by atoms with Gasteiger partial charge in [0, 0.05) is 0 Å². The maximum atomic E-state index is 12.4. The predicted octanol–water partition coefficient (Wildman–Crippen LogP) is 3.50. The summed E-state index contributed by atoms with van der Waals surface area (Å²) in [7, 11) is 0. The van der Waals surface area contributed by atoms with Crippen molar-refractivity contribution in [3.05, 3.63) is 11.3 Å². The lowest BCUT2D eigenvalue weighted by Gasteiger charge is -2.39. The average molecular weight is 295 g/mol. The molecule has 2 aliphatic rings. The summed E-state index contributed by atoms with van der Waals surface area (Å²) >= 11 is 0. The molecule has 0 aromatic heterocycles. The van der Waals surface area contributed by atoms with Crippen LogP contribution in [0.1, 0.15) is 59.3 Å². The molecule has 1 saturated carbocycles. The fourth-order valence-corrected chi connectivity index (χ4v) is 3.26. The molecule has 1 spiro atoms. The normalized spacial score (nSPS) is 25.4. The molecule has 1 heterocycles. The molecule has 1 N–H and O–H groups in total. The molecule has 1 atom stereocenters. The number of esters is 1. The predicted molar refractivity (Wildman–Crippen MR) is 80.1 cm³/mol. The Hall–Kier alpha value is -1.52. The lowest BCUT2D eigenvalue weighted by atomic mass is 9.81. The van der Waals surface area contributed by atoms with Gasteiger partial charge >= 0.3 is 5.97 Å². The van der Waals surface area contributed by atoms with Gasteiger partial charge in [0.15, 0.2) is 0 Å². The van der Waals surface area contributed by atoms with Crippen molar-refractivity contribution in [2.45, 2.75) is 64.9 Å². The van der Waals surface area contributed by atoms with Crippen LogP contribution in [0.25, 0.3) is 0 Å². The van der Waals surface area contributed by atoms with Crippen LogP contribution in [0, 0.1) is 5.92 Å². The number of aliphatic hydroxyl groups is 1. The number of hydrogen-bond acceptors (Lipinski definition) is 5. The Bertz CT molecular complexity index is 461. The van der Waals surface area contributed by atoms with Crippen molar-refractivity contribution in [1.82, 2.24) is 0 Å². The topological polar surface area (TPSA) is 68.1 Å². The highest BCUT2D eigenvalue weighted by molar-refractivity contribution is 6.20. The van der Waals surface area contributed by atoms with E-state index in [9.17, 15) is 9.90 Å². The van der Waals surface area contributed by atoms with Crippen molar-refractivity contribution in [3.8, 4) is 0 Å². The summed E-state index contributed by atoms with van der Waals surface area (Å²) < 4.78 is 5.74. The Labute approximate surface area is 126 Å². The molecular formula is C16H25NO4. The summed E-state index contributed by atoms with van der Waals surface area (Å²) in [5.74, 6) is -0.532. The van der Waals surface area contributed by atoms with Crippen molar-refractivity contribution in [1.29, 1.82) is 0 Å². The van der Waals surface area contributed by atoms with E-state index < -0.39 is 11.6 Å². The zero-order valence-corrected chi connectivity index (χ0v) is 13.1. The standard InChI is InChI=1S/C16H25NO4/c1-4-8-12(17-20-5-2)13-14(18)11(3)16(21-15(13)19)9-6-7-10-16/h11,18H,4-10H2,1-3H3/b17-12+. The minimum absolute atomic E-state index is 0.111. The highest BCUT2D eigenvalue weighted by Gasteiger charge is 2.50. The van der Waals surface area contributed by atoms with Gasteiger partial charge in [-0.05, 0) is 39.0 Å². The van der Waals surface area contributed by atoms with E-state index in [1.807, 2.05) is 20.8 Å². The molecule has 5 heteroatoms. The van der Waals surface area contributed by atoms with Gasteiger partial charge in [-0.25, -0.2) is 4.79 Å². The summed E-state index contributed by atoms with van der Waals surface area (Å²) in [6.07, 6.45) is 5.11. The third kappa shape index (κ3) is 2.92. The summed E-state index contributed by atoms with van der Waals surface area (Å²) in [6, 6.07) is 0. The molecule has 1 unspecified atom stereocenters. The molecule has 118 valence electrons. The SMILES string of the molecule is CCC/C(=N\OCC)C1=C(O)C(C)C2(CCCC2)OC1=O. The number of rotatable bonds is 5. The number of carbonyl (C=O) groups is 1. The zero-order valence-electron chi connectivity index (χ0n) is 13.1. The van der Waals surface area contributed by atoms with E-state index in [0.717, 1.165) is 32.1 Å². The molecule has 0 amide bonds. The van der Waals surface area contributed by atoms with E-state index in [4.69, 9.17) is 9.57 Å². The van der Waals surface area contributed by atoms with Crippen molar-refractivity contribution in [2.75, 3.05) is 6.61 Å². The lowest BCUT2D eigenvalue weighted by molar-refractivity contribution is -0.163. The van der Waals surface area contributed by atoms with Crippen LogP contribution in [0.5, 0.6) is 0 Å². The third-order valence-electron chi connectivity index (χ3n) is 4.48. The van der Waals surface area contributed by atoms with Gasteiger partial charge in [0.05, 0.1) is 11.6 Å². The molecule has 2 rings (SSSR count). The van der Waals surface area contributed by atoms with Gasteiger partial charge in [-0.1, -0.05) is 25.4 Å². The number of hydrogen-bond donors (Lipinski definition) is 1. The fraction of sp³-hybridized carbons (Fsp3) is 0.750. The van der Waals surface area contributed by atoms with Crippen LogP contribution >= 0.6 is 0 Å². The van der Waals surface area contributed by atoms with Crippen molar-refractivity contribution in [2.24, 2.45) is 11.1 Å². The number of nitrogens with zero attached hydrogens (tertiary/aromatic N) is 1. The first-order chi connectivity index (χ1) is 10.1. The monoisotopic (exact) mass is 295 g/mol.